The Balaban J connectivity index is 1.91. The maximum atomic E-state index is 11.7. The summed E-state index contributed by atoms with van der Waals surface area (Å²) < 4.78 is 11.2. The van der Waals surface area contributed by atoms with E-state index in [4.69, 9.17) is 9.47 Å². The van der Waals surface area contributed by atoms with Crippen molar-refractivity contribution in [1.29, 1.82) is 0 Å². The van der Waals surface area contributed by atoms with E-state index in [0.717, 1.165) is 18.4 Å². The third-order valence-corrected chi connectivity index (χ3v) is 4.70. The molecule has 2 saturated heterocycles. The average Bonchev–Trinajstić information content (AvgIpc) is 2.95. The van der Waals surface area contributed by atoms with E-state index < -0.39 is 6.10 Å². The Bertz CT molecular complexity index is 467. The fourth-order valence-electron chi connectivity index (χ4n) is 3.20. The summed E-state index contributed by atoms with van der Waals surface area (Å²) in [6.07, 6.45) is 3.42. The monoisotopic (exact) mass is 264 g/mol. The molecule has 0 unspecified atom stereocenters. The lowest BCUT2D eigenvalue weighted by atomic mass is 9.83. The molecule has 104 valence electrons. The molecule has 0 spiro atoms. The lowest BCUT2D eigenvalue weighted by Crippen LogP contribution is -2.31. The van der Waals surface area contributed by atoms with Crippen molar-refractivity contribution in [3.8, 4) is 0 Å². The Morgan fingerprint density at radius 1 is 1.53 bits per heavy atom. The number of carbonyl (C=O) groups is 1. The normalized spacial score (nSPS) is 48.7. The summed E-state index contributed by atoms with van der Waals surface area (Å²) in [5, 5.41) is 10.2. The van der Waals surface area contributed by atoms with Crippen molar-refractivity contribution in [2.45, 2.75) is 57.0 Å². The van der Waals surface area contributed by atoms with Crippen molar-refractivity contribution < 1.29 is 19.4 Å². The molecular weight excluding hydrogens is 244 g/mol. The van der Waals surface area contributed by atoms with Crippen LogP contribution < -0.4 is 0 Å². The van der Waals surface area contributed by atoms with Crippen LogP contribution in [-0.4, -0.2) is 35.0 Å². The quantitative estimate of drug-likeness (QED) is 0.313. The number of hydrogen-bond acceptors (Lipinski definition) is 4. The number of esters is 1. The van der Waals surface area contributed by atoms with Gasteiger partial charge in [-0.05, 0) is 38.7 Å². The molecular formula is C15H20O4. The maximum Gasteiger partial charge on any atom is 0.334 e. The second kappa shape index (κ2) is 4.18. The van der Waals surface area contributed by atoms with Gasteiger partial charge in [0.2, 0.25) is 0 Å². The van der Waals surface area contributed by atoms with Crippen LogP contribution >= 0.6 is 0 Å². The van der Waals surface area contributed by atoms with Gasteiger partial charge in [0, 0.05) is 11.5 Å². The largest absolute Gasteiger partial charge is 0.455 e. The van der Waals surface area contributed by atoms with Crippen LogP contribution in [0.5, 0.6) is 0 Å². The minimum absolute atomic E-state index is 0.0558. The van der Waals surface area contributed by atoms with Crippen LogP contribution in [0.2, 0.25) is 0 Å². The molecule has 19 heavy (non-hydrogen) atoms. The molecule has 0 bridgehead atoms. The highest BCUT2D eigenvalue weighted by atomic mass is 16.6. The number of fused-ring (bicyclic) bond motifs is 3. The molecule has 1 aliphatic carbocycles. The number of hydrogen-bond donors (Lipinski definition) is 1. The zero-order valence-corrected chi connectivity index (χ0v) is 11.4. The number of rotatable bonds is 0. The standard InChI is InChI=1S/C15H20O4/c1-8-5-4-6-15(3)13(19-15)12-10(7-11(8)16)9(2)14(17)18-12/h5,10-13,16H,2,4,6-7H2,1,3H3/b8-5+/t10-,11-,12-,13-,15-/m0/s1. The highest BCUT2D eigenvalue weighted by molar-refractivity contribution is 5.91. The third kappa shape index (κ3) is 2.03. The van der Waals surface area contributed by atoms with Crippen LogP contribution in [0.3, 0.4) is 0 Å². The van der Waals surface area contributed by atoms with E-state index >= 15 is 0 Å². The van der Waals surface area contributed by atoms with Gasteiger partial charge in [-0.25, -0.2) is 4.79 Å². The van der Waals surface area contributed by atoms with Crippen LogP contribution in [0.1, 0.15) is 33.1 Å². The Kier molecular flexibility index (Phi) is 2.84. The molecule has 1 N–H and O–H groups in total. The first-order valence-electron chi connectivity index (χ1n) is 6.85. The zero-order chi connectivity index (χ0) is 13.8. The molecule has 5 atom stereocenters. The molecule has 4 heteroatoms. The zero-order valence-electron chi connectivity index (χ0n) is 11.4. The van der Waals surface area contributed by atoms with E-state index in [9.17, 15) is 9.90 Å². The van der Waals surface area contributed by atoms with Crippen molar-refractivity contribution in [2.24, 2.45) is 5.92 Å². The van der Waals surface area contributed by atoms with Gasteiger partial charge in [-0.15, -0.1) is 0 Å². The molecule has 0 amide bonds. The van der Waals surface area contributed by atoms with E-state index in [2.05, 4.69) is 19.6 Å². The van der Waals surface area contributed by atoms with Gasteiger partial charge in [0.15, 0.2) is 0 Å². The lowest BCUT2D eigenvalue weighted by molar-refractivity contribution is -0.140. The number of aliphatic hydroxyl groups is 1. The molecule has 3 rings (SSSR count). The summed E-state index contributed by atoms with van der Waals surface area (Å²) in [4.78, 5) is 11.7. The minimum Gasteiger partial charge on any atom is -0.455 e. The lowest BCUT2D eigenvalue weighted by Gasteiger charge is -2.22. The maximum absolute atomic E-state index is 11.7. The van der Waals surface area contributed by atoms with E-state index in [1.807, 2.05) is 6.92 Å². The minimum atomic E-state index is -0.540. The van der Waals surface area contributed by atoms with Gasteiger partial charge in [-0.1, -0.05) is 12.7 Å². The van der Waals surface area contributed by atoms with Gasteiger partial charge in [0.1, 0.15) is 12.2 Å². The van der Waals surface area contributed by atoms with Gasteiger partial charge in [0.05, 0.1) is 11.7 Å². The smallest absolute Gasteiger partial charge is 0.334 e. The first kappa shape index (κ1) is 12.9. The van der Waals surface area contributed by atoms with Gasteiger partial charge >= 0.3 is 5.97 Å². The predicted molar refractivity (Wildman–Crippen MR) is 69.4 cm³/mol. The van der Waals surface area contributed by atoms with E-state index in [1.54, 1.807) is 0 Å². The van der Waals surface area contributed by atoms with Crippen molar-refractivity contribution in [2.75, 3.05) is 0 Å². The molecule has 0 radical (unpaired) electrons. The van der Waals surface area contributed by atoms with Gasteiger partial charge < -0.3 is 14.6 Å². The first-order chi connectivity index (χ1) is 8.92. The fourth-order valence-corrected chi connectivity index (χ4v) is 3.20. The summed E-state index contributed by atoms with van der Waals surface area (Å²) in [7, 11) is 0. The van der Waals surface area contributed by atoms with E-state index in [-0.39, 0.29) is 29.7 Å². The summed E-state index contributed by atoms with van der Waals surface area (Å²) in [5.41, 5.74) is 1.22. The van der Waals surface area contributed by atoms with Crippen molar-refractivity contribution in [3.63, 3.8) is 0 Å². The molecule has 4 nitrogen and oxygen atoms in total. The average molecular weight is 264 g/mol. The molecule has 0 saturated carbocycles. The Labute approximate surface area is 113 Å². The van der Waals surface area contributed by atoms with Gasteiger partial charge in [-0.3, -0.25) is 0 Å². The molecule has 0 aromatic rings. The first-order valence-corrected chi connectivity index (χ1v) is 6.85. The van der Waals surface area contributed by atoms with E-state index in [0.29, 0.717) is 12.0 Å². The molecule has 0 aromatic heterocycles. The van der Waals surface area contributed by atoms with E-state index in [1.165, 1.54) is 0 Å². The molecule has 2 fully saturated rings. The second-order valence-electron chi connectivity index (χ2n) is 6.09. The number of epoxide rings is 1. The number of carbonyl (C=O) groups excluding carboxylic acids is 1. The van der Waals surface area contributed by atoms with Gasteiger partial charge in [0.25, 0.3) is 0 Å². The third-order valence-electron chi connectivity index (χ3n) is 4.70. The fraction of sp³-hybridized carbons (Fsp3) is 0.667. The van der Waals surface area contributed by atoms with Crippen molar-refractivity contribution in [1.82, 2.24) is 0 Å². The van der Waals surface area contributed by atoms with Crippen LogP contribution in [0.25, 0.3) is 0 Å². The molecule has 3 aliphatic rings. The molecule has 0 aromatic carbocycles. The number of aliphatic hydroxyl groups excluding tert-OH is 1. The molecule has 2 aliphatic heterocycles. The topological polar surface area (TPSA) is 59.1 Å². The molecule has 2 heterocycles. The van der Waals surface area contributed by atoms with Crippen LogP contribution in [-0.2, 0) is 14.3 Å². The predicted octanol–water partition coefficient (Wildman–Crippen LogP) is 1.73. The summed E-state index contributed by atoms with van der Waals surface area (Å²) >= 11 is 0. The highest BCUT2D eigenvalue weighted by Gasteiger charge is 2.61. The Hall–Kier alpha value is -1.13. The van der Waals surface area contributed by atoms with Gasteiger partial charge in [-0.2, -0.15) is 0 Å². The van der Waals surface area contributed by atoms with Crippen molar-refractivity contribution in [3.05, 3.63) is 23.8 Å². The second-order valence-corrected chi connectivity index (χ2v) is 6.09. The Morgan fingerprint density at radius 2 is 2.26 bits per heavy atom. The van der Waals surface area contributed by atoms with Crippen LogP contribution in [0, 0.1) is 5.92 Å². The summed E-state index contributed by atoms with van der Waals surface area (Å²) in [6, 6.07) is 0. The van der Waals surface area contributed by atoms with Crippen LogP contribution in [0.15, 0.2) is 23.8 Å². The SMILES string of the molecule is C=C1C(=O)O[C@H]2[C@H]1C[C@H](O)/C(C)=C/CC[C@]1(C)O[C@@H]21. The van der Waals surface area contributed by atoms with Crippen LogP contribution in [0.4, 0.5) is 0 Å². The Morgan fingerprint density at radius 3 is 3.00 bits per heavy atom. The summed E-state index contributed by atoms with van der Waals surface area (Å²) in [5.74, 6) is -0.489. The highest BCUT2D eigenvalue weighted by Crippen LogP contribution is 2.49. The number of allylic oxidation sites excluding steroid dienone is 1. The summed E-state index contributed by atoms with van der Waals surface area (Å²) in [6.45, 7) is 7.81. The van der Waals surface area contributed by atoms with Crippen molar-refractivity contribution >= 4 is 5.97 Å². The number of ether oxygens (including phenoxy) is 2.